The Hall–Kier alpha value is -2.04. The Kier molecular flexibility index (Phi) is 7.13. The van der Waals surface area contributed by atoms with E-state index in [2.05, 4.69) is 20.9 Å². The molecule has 3 N–H and O–H groups in total. The van der Waals surface area contributed by atoms with Crippen LogP contribution in [-0.4, -0.2) is 85.2 Å². The van der Waals surface area contributed by atoms with Crippen molar-refractivity contribution < 1.29 is 22.8 Å². The summed E-state index contributed by atoms with van der Waals surface area (Å²) in [6, 6.07) is -0.489. The number of hydrogen-bond donors (Lipinski definition) is 3. The number of amides is 3. The zero-order valence-corrected chi connectivity index (χ0v) is 16.5. The average Bonchev–Trinajstić information content (AvgIpc) is 3.12. The summed E-state index contributed by atoms with van der Waals surface area (Å²) in [5.74, 6) is 0.271. The van der Waals surface area contributed by atoms with Gasteiger partial charge in [0.25, 0.3) is 5.91 Å². The first-order valence-electron chi connectivity index (χ1n) is 9.48. The number of hydrogen-bond acceptors (Lipinski definition) is 4. The topological polar surface area (TPSA) is 89.1 Å². The number of alkyl halides is 3. The predicted molar refractivity (Wildman–Crippen MR) is 99.0 cm³/mol. The molecule has 0 aromatic carbocycles. The lowest BCUT2D eigenvalue weighted by Crippen LogP contribution is -2.46. The van der Waals surface area contributed by atoms with Crippen molar-refractivity contribution in [3.63, 3.8) is 0 Å². The second kappa shape index (κ2) is 8.97. The van der Waals surface area contributed by atoms with Gasteiger partial charge >= 0.3 is 12.2 Å². The van der Waals surface area contributed by atoms with E-state index in [0.29, 0.717) is 44.9 Å². The lowest BCUT2D eigenvalue weighted by atomic mass is 9.99. The van der Waals surface area contributed by atoms with Crippen molar-refractivity contribution in [2.45, 2.75) is 50.9 Å². The molecule has 2 heterocycles. The van der Waals surface area contributed by atoms with Gasteiger partial charge in [0.05, 0.1) is 6.54 Å². The molecule has 2 atom stereocenters. The highest BCUT2D eigenvalue weighted by molar-refractivity contribution is 6.06. The smallest absolute Gasteiger partial charge is 0.356 e. The SMILES string of the molecule is CCC1(C)NC(=O)N(CCCNC(=NC)NC2CCN(CC(F)(F)F)C2)C1=O. The Morgan fingerprint density at radius 3 is 2.68 bits per heavy atom. The number of rotatable bonds is 7. The monoisotopic (exact) mass is 406 g/mol. The van der Waals surface area contributed by atoms with Crippen LogP contribution in [0.2, 0.25) is 0 Å². The lowest BCUT2D eigenvalue weighted by molar-refractivity contribution is -0.143. The van der Waals surface area contributed by atoms with Crippen LogP contribution in [0.25, 0.3) is 0 Å². The zero-order chi connectivity index (χ0) is 20.9. The molecule has 3 amide bonds. The van der Waals surface area contributed by atoms with E-state index in [1.165, 1.54) is 9.80 Å². The highest BCUT2D eigenvalue weighted by atomic mass is 19.4. The number of guanidine groups is 1. The molecule has 0 saturated carbocycles. The molecule has 8 nitrogen and oxygen atoms in total. The molecule has 2 saturated heterocycles. The van der Waals surface area contributed by atoms with E-state index in [0.717, 1.165) is 0 Å². The molecule has 0 spiro atoms. The maximum absolute atomic E-state index is 12.5. The third kappa shape index (κ3) is 5.73. The predicted octanol–water partition coefficient (Wildman–Crippen LogP) is 0.899. The van der Waals surface area contributed by atoms with Crippen LogP contribution in [0.1, 0.15) is 33.1 Å². The van der Waals surface area contributed by atoms with Crippen molar-refractivity contribution in [3.8, 4) is 0 Å². The van der Waals surface area contributed by atoms with Crippen molar-refractivity contribution in [1.29, 1.82) is 0 Å². The van der Waals surface area contributed by atoms with Crippen LogP contribution in [-0.2, 0) is 4.79 Å². The van der Waals surface area contributed by atoms with Gasteiger partial charge in [0.2, 0.25) is 0 Å². The summed E-state index contributed by atoms with van der Waals surface area (Å²) in [6.45, 7) is 4.10. The molecule has 28 heavy (non-hydrogen) atoms. The number of aliphatic imine (C=N–C) groups is 1. The Morgan fingerprint density at radius 2 is 2.11 bits per heavy atom. The number of carbonyl (C=O) groups is 2. The van der Waals surface area contributed by atoms with Crippen LogP contribution in [0.15, 0.2) is 4.99 Å². The molecule has 2 unspecified atom stereocenters. The van der Waals surface area contributed by atoms with Crippen molar-refractivity contribution in [1.82, 2.24) is 25.8 Å². The Labute approximate surface area is 162 Å². The van der Waals surface area contributed by atoms with Crippen LogP contribution in [0.4, 0.5) is 18.0 Å². The number of carbonyl (C=O) groups excluding carboxylic acids is 2. The summed E-state index contributed by atoms with van der Waals surface area (Å²) < 4.78 is 37.4. The summed E-state index contributed by atoms with van der Waals surface area (Å²) in [5, 5.41) is 8.90. The molecule has 2 aliphatic rings. The largest absolute Gasteiger partial charge is 0.401 e. The number of likely N-dealkylation sites (tertiary alicyclic amines) is 1. The molecule has 11 heteroatoms. The van der Waals surface area contributed by atoms with Gasteiger partial charge in [0.1, 0.15) is 5.54 Å². The van der Waals surface area contributed by atoms with Crippen molar-refractivity contribution in [2.24, 2.45) is 4.99 Å². The highest BCUT2D eigenvalue weighted by Crippen LogP contribution is 2.21. The van der Waals surface area contributed by atoms with Crippen molar-refractivity contribution in [2.75, 3.05) is 39.8 Å². The van der Waals surface area contributed by atoms with Crippen molar-refractivity contribution >= 4 is 17.9 Å². The second-order valence-corrected chi connectivity index (χ2v) is 7.41. The van der Waals surface area contributed by atoms with Crippen LogP contribution in [0.5, 0.6) is 0 Å². The normalized spacial score (nSPS) is 26.7. The molecule has 0 radical (unpaired) electrons. The first-order valence-corrected chi connectivity index (χ1v) is 9.48. The minimum atomic E-state index is -4.19. The molecule has 0 aromatic heterocycles. The summed E-state index contributed by atoms with van der Waals surface area (Å²) >= 11 is 0. The van der Waals surface area contributed by atoms with Gasteiger partial charge in [-0.25, -0.2) is 4.79 Å². The fraction of sp³-hybridized carbons (Fsp3) is 0.824. The molecule has 2 rings (SSSR count). The van der Waals surface area contributed by atoms with Crippen LogP contribution >= 0.6 is 0 Å². The fourth-order valence-corrected chi connectivity index (χ4v) is 3.37. The van der Waals surface area contributed by atoms with Gasteiger partial charge in [-0.3, -0.25) is 19.6 Å². The summed E-state index contributed by atoms with van der Waals surface area (Å²) in [7, 11) is 1.59. The summed E-state index contributed by atoms with van der Waals surface area (Å²) in [6.07, 6.45) is -2.53. The highest BCUT2D eigenvalue weighted by Gasteiger charge is 2.46. The number of nitrogens with one attached hydrogen (secondary N) is 3. The lowest BCUT2D eigenvalue weighted by Gasteiger charge is -2.20. The first-order chi connectivity index (χ1) is 13.1. The minimum Gasteiger partial charge on any atom is -0.356 e. The maximum atomic E-state index is 12.5. The van der Waals surface area contributed by atoms with Gasteiger partial charge in [0, 0.05) is 39.3 Å². The third-order valence-electron chi connectivity index (χ3n) is 5.14. The molecule has 2 aliphatic heterocycles. The van der Waals surface area contributed by atoms with Crippen molar-refractivity contribution in [3.05, 3.63) is 0 Å². The molecule has 0 aromatic rings. The molecule has 2 fully saturated rings. The van der Waals surface area contributed by atoms with Gasteiger partial charge in [-0.15, -0.1) is 0 Å². The first kappa shape index (κ1) is 22.3. The molecule has 160 valence electrons. The zero-order valence-electron chi connectivity index (χ0n) is 16.5. The fourth-order valence-electron chi connectivity index (χ4n) is 3.37. The van der Waals surface area contributed by atoms with Crippen LogP contribution in [0.3, 0.4) is 0 Å². The standard InChI is InChI=1S/C17H29F3N6O2/c1-4-16(2)13(27)26(15(28)24-16)8-5-7-22-14(21-3)23-12-6-9-25(10-12)11-17(18,19)20/h12H,4-11H2,1-3H3,(H,24,28)(H2,21,22,23). The van der Waals surface area contributed by atoms with Gasteiger partial charge in [-0.1, -0.05) is 6.92 Å². The van der Waals surface area contributed by atoms with E-state index in [4.69, 9.17) is 0 Å². The van der Waals surface area contributed by atoms with Gasteiger partial charge < -0.3 is 16.0 Å². The molecular formula is C17H29F3N6O2. The number of urea groups is 1. The van der Waals surface area contributed by atoms with E-state index in [9.17, 15) is 22.8 Å². The maximum Gasteiger partial charge on any atom is 0.401 e. The van der Waals surface area contributed by atoms with Gasteiger partial charge in [-0.05, 0) is 26.2 Å². The Balaban J connectivity index is 1.71. The van der Waals surface area contributed by atoms with E-state index >= 15 is 0 Å². The van der Waals surface area contributed by atoms with Crippen LogP contribution < -0.4 is 16.0 Å². The average molecular weight is 406 g/mol. The van der Waals surface area contributed by atoms with Gasteiger partial charge in [0.15, 0.2) is 5.96 Å². The molecule has 0 aliphatic carbocycles. The van der Waals surface area contributed by atoms with Gasteiger partial charge in [-0.2, -0.15) is 13.2 Å². The number of halogens is 3. The summed E-state index contributed by atoms with van der Waals surface area (Å²) in [5.41, 5.74) is -0.840. The van der Waals surface area contributed by atoms with E-state index in [1.54, 1.807) is 14.0 Å². The summed E-state index contributed by atoms with van der Waals surface area (Å²) in [4.78, 5) is 30.9. The minimum absolute atomic E-state index is 0.107. The Morgan fingerprint density at radius 1 is 1.39 bits per heavy atom. The van der Waals surface area contributed by atoms with E-state index in [-0.39, 0.29) is 24.5 Å². The van der Waals surface area contributed by atoms with Crippen LogP contribution in [0, 0.1) is 0 Å². The van der Waals surface area contributed by atoms with E-state index < -0.39 is 18.3 Å². The molecular weight excluding hydrogens is 377 g/mol. The van der Waals surface area contributed by atoms with E-state index in [1.807, 2.05) is 6.92 Å². The quantitative estimate of drug-likeness (QED) is 0.253. The Bertz CT molecular complexity index is 612. The number of imide groups is 1. The second-order valence-electron chi connectivity index (χ2n) is 7.41. The molecule has 0 bridgehead atoms. The third-order valence-corrected chi connectivity index (χ3v) is 5.14. The number of nitrogens with zero attached hydrogens (tertiary/aromatic N) is 3.